The Morgan fingerprint density at radius 2 is 1.77 bits per heavy atom. The Hall–Kier alpha value is -3.36. The highest BCUT2D eigenvalue weighted by atomic mass is 32.2. The maximum atomic E-state index is 12.1. The number of carbonyl (C=O) groups is 1. The van der Waals surface area contributed by atoms with Crippen LogP contribution in [0, 0.1) is 0 Å². The van der Waals surface area contributed by atoms with E-state index in [1.165, 1.54) is 23.5 Å². The van der Waals surface area contributed by atoms with Gasteiger partial charge in [-0.2, -0.15) is 4.31 Å². The Morgan fingerprint density at radius 3 is 2.45 bits per heavy atom. The number of carbonyl (C=O) groups excluding carboxylic acids is 1. The summed E-state index contributed by atoms with van der Waals surface area (Å²) in [4.78, 5) is 12.1. The summed E-state index contributed by atoms with van der Waals surface area (Å²) in [6.07, 6.45) is 4.00. The molecular formula is C23H24N2O5S. The van der Waals surface area contributed by atoms with E-state index in [1.807, 2.05) is 30.3 Å². The molecule has 0 radical (unpaired) electrons. The summed E-state index contributed by atoms with van der Waals surface area (Å²) in [7, 11) is -1.82. The average molecular weight is 441 g/mol. The summed E-state index contributed by atoms with van der Waals surface area (Å²) in [5.74, 6) is 1.33. The molecule has 2 aromatic carbocycles. The monoisotopic (exact) mass is 440 g/mol. The molecule has 31 heavy (non-hydrogen) atoms. The second-order valence-corrected chi connectivity index (χ2v) is 9.03. The Kier molecular flexibility index (Phi) is 7.28. The molecule has 1 amide bonds. The lowest BCUT2D eigenvalue weighted by molar-refractivity contribution is -0.111. The maximum Gasteiger partial charge on any atom is 0.248 e. The zero-order valence-corrected chi connectivity index (χ0v) is 18.1. The lowest BCUT2D eigenvalue weighted by Gasteiger charge is -2.11. The van der Waals surface area contributed by atoms with Gasteiger partial charge >= 0.3 is 0 Å². The van der Waals surface area contributed by atoms with E-state index in [1.54, 1.807) is 36.4 Å². The first-order valence-corrected chi connectivity index (χ1v) is 11.4. The first kappa shape index (κ1) is 22.3. The standard InChI is InChI=1S/C23H24N2O5S/c1-25(31(2,27)28)16-22-13-12-21(30-22)14-15-23(26)24-19-8-10-20(11-9-19)29-17-18-6-4-3-5-7-18/h3-15H,16-17H2,1-2H3,(H,24,26)/b15-14+. The van der Waals surface area contributed by atoms with E-state index in [-0.39, 0.29) is 12.5 Å². The van der Waals surface area contributed by atoms with Crippen molar-refractivity contribution < 1.29 is 22.4 Å². The zero-order valence-electron chi connectivity index (χ0n) is 17.3. The average Bonchev–Trinajstić information content (AvgIpc) is 3.19. The molecule has 0 fully saturated rings. The van der Waals surface area contributed by atoms with Crippen LogP contribution < -0.4 is 10.1 Å². The number of rotatable bonds is 9. The molecule has 0 unspecified atom stereocenters. The van der Waals surface area contributed by atoms with Crippen molar-refractivity contribution in [2.75, 3.05) is 18.6 Å². The minimum atomic E-state index is -3.29. The lowest BCUT2D eigenvalue weighted by atomic mass is 10.2. The van der Waals surface area contributed by atoms with E-state index in [0.717, 1.165) is 11.8 Å². The molecule has 0 bridgehead atoms. The highest BCUT2D eigenvalue weighted by Gasteiger charge is 2.13. The van der Waals surface area contributed by atoms with Crippen molar-refractivity contribution >= 4 is 27.7 Å². The third-order valence-corrected chi connectivity index (χ3v) is 5.66. The first-order chi connectivity index (χ1) is 14.8. The van der Waals surface area contributed by atoms with Crippen molar-refractivity contribution in [2.45, 2.75) is 13.2 Å². The van der Waals surface area contributed by atoms with Crippen LogP contribution in [0.4, 0.5) is 5.69 Å². The molecule has 1 N–H and O–H groups in total. The van der Waals surface area contributed by atoms with E-state index in [4.69, 9.17) is 9.15 Å². The van der Waals surface area contributed by atoms with Crippen molar-refractivity contribution in [3.05, 3.63) is 89.9 Å². The summed E-state index contributed by atoms with van der Waals surface area (Å²) in [5.41, 5.74) is 1.71. The number of furan rings is 1. The van der Waals surface area contributed by atoms with Crippen LogP contribution in [0.1, 0.15) is 17.1 Å². The molecule has 0 aliphatic heterocycles. The number of hydrogen-bond donors (Lipinski definition) is 1. The first-order valence-electron chi connectivity index (χ1n) is 9.55. The highest BCUT2D eigenvalue weighted by Crippen LogP contribution is 2.17. The zero-order chi connectivity index (χ0) is 22.3. The van der Waals surface area contributed by atoms with Crippen molar-refractivity contribution in [1.29, 1.82) is 0 Å². The summed E-state index contributed by atoms with van der Waals surface area (Å²) in [6.45, 7) is 0.595. The molecule has 0 atom stereocenters. The van der Waals surface area contributed by atoms with Gasteiger partial charge in [-0.05, 0) is 48.0 Å². The van der Waals surface area contributed by atoms with Gasteiger partial charge in [0.2, 0.25) is 15.9 Å². The van der Waals surface area contributed by atoms with Gasteiger partial charge in [-0.1, -0.05) is 30.3 Å². The smallest absolute Gasteiger partial charge is 0.248 e. The minimum absolute atomic E-state index is 0.123. The van der Waals surface area contributed by atoms with Crippen LogP contribution in [0.2, 0.25) is 0 Å². The van der Waals surface area contributed by atoms with Gasteiger partial charge < -0.3 is 14.5 Å². The normalized spacial score (nSPS) is 11.7. The van der Waals surface area contributed by atoms with E-state index in [0.29, 0.717) is 29.6 Å². The second kappa shape index (κ2) is 10.1. The summed E-state index contributed by atoms with van der Waals surface area (Å²) < 4.78 is 35.4. The lowest BCUT2D eigenvalue weighted by Crippen LogP contribution is -2.24. The Balaban J connectivity index is 1.49. The van der Waals surface area contributed by atoms with Crippen LogP contribution >= 0.6 is 0 Å². The van der Waals surface area contributed by atoms with Crippen LogP contribution in [-0.4, -0.2) is 31.9 Å². The van der Waals surface area contributed by atoms with Gasteiger partial charge in [-0.15, -0.1) is 0 Å². The molecule has 0 saturated carbocycles. The van der Waals surface area contributed by atoms with Crippen LogP contribution in [-0.2, 0) is 28.0 Å². The van der Waals surface area contributed by atoms with E-state index in [9.17, 15) is 13.2 Å². The number of nitrogens with zero attached hydrogens (tertiary/aromatic N) is 1. The second-order valence-electron chi connectivity index (χ2n) is 6.94. The number of ether oxygens (including phenoxy) is 1. The van der Waals surface area contributed by atoms with Gasteiger partial charge in [0, 0.05) is 18.8 Å². The molecule has 8 heteroatoms. The quantitative estimate of drug-likeness (QED) is 0.510. The molecular weight excluding hydrogens is 416 g/mol. The van der Waals surface area contributed by atoms with Crippen molar-refractivity contribution in [3.8, 4) is 5.75 Å². The van der Waals surface area contributed by atoms with E-state index >= 15 is 0 Å². The maximum absolute atomic E-state index is 12.1. The van der Waals surface area contributed by atoms with E-state index < -0.39 is 10.0 Å². The van der Waals surface area contributed by atoms with Gasteiger partial charge in [0.25, 0.3) is 0 Å². The fraction of sp³-hybridized carbons (Fsp3) is 0.174. The fourth-order valence-electron chi connectivity index (χ4n) is 2.62. The summed E-state index contributed by atoms with van der Waals surface area (Å²) in [6, 6.07) is 20.3. The number of hydrogen-bond acceptors (Lipinski definition) is 5. The molecule has 7 nitrogen and oxygen atoms in total. The number of amides is 1. The molecule has 0 aliphatic rings. The molecule has 3 aromatic rings. The SMILES string of the molecule is CN(Cc1ccc(/C=C/C(=O)Nc2ccc(OCc3ccccc3)cc2)o1)S(C)(=O)=O. The summed E-state index contributed by atoms with van der Waals surface area (Å²) in [5, 5.41) is 2.76. The predicted octanol–water partition coefficient (Wildman–Crippen LogP) is 3.90. The van der Waals surface area contributed by atoms with Crippen LogP contribution in [0.25, 0.3) is 6.08 Å². The molecule has 0 spiro atoms. The van der Waals surface area contributed by atoms with Gasteiger partial charge in [-0.25, -0.2) is 8.42 Å². The number of sulfonamides is 1. The number of benzene rings is 2. The molecule has 162 valence electrons. The van der Waals surface area contributed by atoms with E-state index in [2.05, 4.69) is 5.32 Å². The summed E-state index contributed by atoms with van der Waals surface area (Å²) >= 11 is 0. The molecule has 0 saturated heterocycles. The Bertz CT molecular complexity index is 1140. The number of nitrogens with one attached hydrogen (secondary N) is 1. The van der Waals surface area contributed by atoms with Gasteiger partial charge in [-0.3, -0.25) is 4.79 Å². The highest BCUT2D eigenvalue weighted by molar-refractivity contribution is 7.88. The molecule has 1 aromatic heterocycles. The third-order valence-electron chi connectivity index (χ3n) is 4.40. The van der Waals surface area contributed by atoms with Crippen molar-refractivity contribution in [1.82, 2.24) is 4.31 Å². The molecule has 1 heterocycles. The van der Waals surface area contributed by atoms with Crippen LogP contribution in [0.5, 0.6) is 5.75 Å². The topological polar surface area (TPSA) is 88.8 Å². The number of anilines is 1. The van der Waals surface area contributed by atoms with Crippen LogP contribution in [0.15, 0.2) is 77.2 Å². The predicted molar refractivity (Wildman–Crippen MR) is 120 cm³/mol. The Labute approximate surface area is 182 Å². The Morgan fingerprint density at radius 1 is 1.06 bits per heavy atom. The molecule has 3 rings (SSSR count). The largest absolute Gasteiger partial charge is 0.489 e. The minimum Gasteiger partial charge on any atom is -0.489 e. The van der Waals surface area contributed by atoms with Gasteiger partial charge in [0.15, 0.2) is 0 Å². The van der Waals surface area contributed by atoms with Crippen molar-refractivity contribution in [2.24, 2.45) is 0 Å². The molecule has 0 aliphatic carbocycles. The van der Waals surface area contributed by atoms with Gasteiger partial charge in [0.05, 0.1) is 12.8 Å². The van der Waals surface area contributed by atoms with Crippen LogP contribution in [0.3, 0.4) is 0 Å². The van der Waals surface area contributed by atoms with Gasteiger partial charge in [0.1, 0.15) is 23.9 Å². The third kappa shape index (κ3) is 7.13. The fourth-order valence-corrected chi connectivity index (χ4v) is 2.98. The van der Waals surface area contributed by atoms with Crippen molar-refractivity contribution in [3.63, 3.8) is 0 Å².